The third-order valence-electron chi connectivity index (χ3n) is 9.39. The predicted molar refractivity (Wildman–Crippen MR) is 242 cm³/mol. The van der Waals surface area contributed by atoms with Crippen molar-refractivity contribution in [3.8, 4) is 0 Å². The molecule has 0 aromatic heterocycles. The van der Waals surface area contributed by atoms with Crippen molar-refractivity contribution in [1.82, 2.24) is 0 Å². The average molecular weight is 793 g/mol. The molecule has 57 heavy (non-hydrogen) atoms. The van der Waals surface area contributed by atoms with Crippen LogP contribution in [-0.4, -0.2) is 37.2 Å². The van der Waals surface area contributed by atoms with Crippen molar-refractivity contribution in [1.29, 1.82) is 0 Å². The molecule has 0 aliphatic rings. The van der Waals surface area contributed by atoms with Crippen LogP contribution in [0.2, 0.25) is 0 Å². The zero-order valence-electron chi connectivity index (χ0n) is 36.8. The van der Waals surface area contributed by atoms with Gasteiger partial charge in [-0.05, 0) is 96.3 Å². The number of carbonyl (C=O) groups excluding carboxylic acids is 3. The highest BCUT2D eigenvalue weighted by atomic mass is 16.6. The third-order valence-corrected chi connectivity index (χ3v) is 9.39. The lowest BCUT2D eigenvalue weighted by Gasteiger charge is -2.18. The summed E-state index contributed by atoms with van der Waals surface area (Å²) < 4.78 is 16.6. The topological polar surface area (TPSA) is 78.9 Å². The summed E-state index contributed by atoms with van der Waals surface area (Å²) in [4.78, 5) is 37.7. The second kappa shape index (κ2) is 45.3. The molecule has 0 amide bonds. The summed E-state index contributed by atoms with van der Waals surface area (Å²) >= 11 is 0. The fraction of sp³-hybridized carbons (Fsp3) is 0.667. The van der Waals surface area contributed by atoms with Crippen LogP contribution >= 0.6 is 0 Å². The minimum atomic E-state index is -0.821. The van der Waals surface area contributed by atoms with Gasteiger partial charge in [-0.1, -0.05) is 170 Å². The van der Waals surface area contributed by atoms with Crippen molar-refractivity contribution in [2.75, 3.05) is 13.2 Å². The highest BCUT2D eigenvalue weighted by Crippen LogP contribution is 2.12. The molecule has 0 saturated carbocycles. The van der Waals surface area contributed by atoms with E-state index in [0.29, 0.717) is 12.8 Å². The Kier molecular flexibility index (Phi) is 42.6. The second-order valence-corrected chi connectivity index (χ2v) is 14.9. The van der Waals surface area contributed by atoms with E-state index in [2.05, 4.69) is 93.7 Å². The van der Waals surface area contributed by atoms with Crippen LogP contribution in [0, 0.1) is 0 Å². The lowest BCUT2D eigenvalue weighted by Crippen LogP contribution is -2.30. The fourth-order valence-electron chi connectivity index (χ4n) is 5.91. The fourth-order valence-corrected chi connectivity index (χ4v) is 5.91. The number of carbonyl (C=O) groups is 3. The maximum Gasteiger partial charge on any atom is 0.309 e. The van der Waals surface area contributed by atoms with Gasteiger partial charge >= 0.3 is 17.9 Å². The van der Waals surface area contributed by atoms with Crippen molar-refractivity contribution >= 4 is 17.9 Å². The SMILES string of the molecule is CC/C=C\C/C=C\C/C=C\C/C=C\C/C=C\CC(=O)OCC(COC(=O)CCCCCCC/C=C\CCCCC)OC(=O)CCCCCCC/C=C\CCCCC. The van der Waals surface area contributed by atoms with Gasteiger partial charge in [0, 0.05) is 12.8 Å². The van der Waals surface area contributed by atoms with Gasteiger partial charge in [-0.25, -0.2) is 0 Å². The predicted octanol–water partition coefficient (Wildman–Crippen LogP) is 14.9. The molecule has 0 N–H and O–H groups in total. The molecule has 0 aliphatic heterocycles. The molecule has 0 fully saturated rings. The van der Waals surface area contributed by atoms with Crippen molar-refractivity contribution in [2.45, 2.75) is 207 Å². The van der Waals surface area contributed by atoms with Gasteiger partial charge in [-0.2, -0.15) is 0 Å². The zero-order chi connectivity index (χ0) is 41.5. The maximum absolute atomic E-state index is 12.7. The lowest BCUT2D eigenvalue weighted by molar-refractivity contribution is -0.166. The highest BCUT2D eigenvalue weighted by Gasteiger charge is 2.19. The van der Waals surface area contributed by atoms with Crippen molar-refractivity contribution in [3.05, 3.63) is 85.1 Å². The summed E-state index contributed by atoms with van der Waals surface area (Å²) in [5.41, 5.74) is 0. The van der Waals surface area contributed by atoms with E-state index in [-0.39, 0.29) is 31.6 Å². The van der Waals surface area contributed by atoms with Gasteiger partial charge in [0.1, 0.15) is 13.2 Å². The number of hydrogen-bond donors (Lipinski definition) is 0. The van der Waals surface area contributed by atoms with Crippen LogP contribution in [0.4, 0.5) is 0 Å². The molecule has 0 aromatic rings. The summed E-state index contributed by atoms with van der Waals surface area (Å²) in [6.07, 6.45) is 57.3. The van der Waals surface area contributed by atoms with E-state index >= 15 is 0 Å². The molecule has 0 aromatic carbocycles. The largest absolute Gasteiger partial charge is 0.462 e. The third kappa shape index (κ3) is 43.6. The molecular formula is C51H84O6. The molecule has 1 unspecified atom stereocenters. The first-order valence-electron chi connectivity index (χ1n) is 23.1. The maximum atomic E-state index is 12.7. The number of esters is 3. The second-order valence-electron chi connectivity index (χ2n) is 14.9. The molecule has 0 radical (unpaired) electrons. The van der Waals surface area contributed by atoms with E-state index in [9.17, 15) is 14.4 Å². The summed E-state index contributed by atoms with van der Waals surface area (Å²) in [7, 11) is 0. The zero-order valence-corrected chi connectivity index (χ0v) is 36.8. The average Bonchev–Trinajstić information content (AvgIpc) is 3.21. The van der Waals surface area contributed by atoms with E-state index in [0.717, 1.165) is 96.3 Å². The van der Waals surface area contributed by atoms with E-state index in [4.69, 9.17) is 14.2 Å². The Morgan fingerprint density at radius 1 is 0.386 bits per heavy atom. The number of allylic oxidation sites excluding steroid dienone is 13. The van der Waals surface area contributed by atoms with Gasteiger partial charge in [0.05, 0.1) is 6.42 Å². The Morgan fingerprint density at radius 3 is 1.21 bits per heavy atom. The molecule has 0 rings (SSSR count). The Balaban J connectivity index is 4.55. The first-order valence-corrected chi connectivity index (χ1v) is 23.1. The summed E-state index contributed by atoms with van der Waals surface area (Å²) in [5.74, 6) is -1.07. The van der Waals surface area contributed by atoms with Gasteiger partial charge in [0.15, 0.2) is 6.10 Å². The smallest absolute Gasteiger partial charge is 0.309 e. The molecule has 324 valence electrons. The monoisotopic (exact) mass is 793 g/mol. The number of unbranched alkanes of at least 4 members (excludes halogenated alkanes) is 16. The molecular weight excluding hydrogens is 709 g/mol. The number of rotatable bonds is 40. The summed E-state index contributed by atoms with van der Waals surface area (Å²) in [5, 5.41) is 0. The first-order chi connectivity index (χ1) is 28.0. The van der Waals surface area contributed by atoms with Crippen LogP contribution in [0.5, 0.6) is 0 Å². The van der Waals surface area contributed by atoms with Crippen LogP contribution in [-0.2, 0) is 28.6 Å². The van der Waals surface area contributed by atoms with Crippen LogP contribution in [0.3, 0.4) is 0 Å². The van der Waals surface area contributed by atoms with Gasteiger partial charge in [-0.3, -0.25) is 14.4 Å². The Hall–Kier alpha value is -3.41. The van der Waals surface area contributed by atoms with Crippen LogP contribution in [0.15, 0.2) is 85.1 Å². The first kappa shape index (κ1) is 53.6. The molecule has 0 bridgehead atoms. The summed E-state index contributed by atoms with van der Waals surface area (Å²) in [6, 6.07) is 0. The Labute approximate surface area is 350 Å². The van der Waals surface area contributed by atoms with Crippen LogP contribution in [0.1, 0.15) is 201 Å². The van der Waals surface area contributed by atoms with Crippen molar-refractivity contribution < 1.29 is 28.6 Å². The summed E-state index contributed by atoms with van der Waals surface area (Å²) in [6.45, 7) is 6.34. The van der Waals surface area contributed by atoms with Gasteiger partial charge < -0.3 is 14.2 Å². The van der Waals surface area contributed by atoms with E-state index < -0.39 is 12.1 Å². The number of hydrogen-bond acceptors (Lipinski definition) is 6. The molecule has 0 heterocycles. The van der Waals surface area contributed by atoms with E-state index in [1.807, 2.05) is 6.08 Å². The van der Waals surface area contributed by atoms with E-state index in [1.54, 1.807) is 6.08 Å². The van der Waals surface area contributed by atoms with Crippen molar-refractivity contribution in [3.63, 3.8) is 0 Å². The van der Waals surface area contributed by atoms with E-state index in [1.165, 1.54) is 64.2 Å². The molecule has 0 spiro atoms. The minimum Gasteiger partial charge on any atom is -0.462 e. The van der Waals surface area contributed by atoms with Crippen LogP contribution < -0.4 is 0 Å². The van der Waals surface area contributed by atoms with Gasteiger partial charge in [-0.15, -0.1) is 0 Å². The molecule has 6 nitrogen and oxygen atoms in total. The highest BCUT2D eigenvalue weighted by molar-refractivity contribution is 5.72. The molecule has 1 atom stereocenters. The van der Waals surface area contributed by atoms with Crippen LogP contribution in [0.25, 0.3) is 0 Å². The number of ether oxygens (including phenoxy) is 3. The normalized spacial score (nSPS) is 12.8. The lowest BCUT2D eigenvalue weighted by atomic mass is 10.1. The van der Waals surface area contributed by atoms with Crippen molar-refractivity contribution in [2.24, 2.45) is 0 Å². The minimum absolute atomic E-state index is 0.115. The molecule has 0 aliphatic carbocycles. The van der Waals surface area contributed by atoms with Gasteiger partial charge in [0.25, 0.3) is 0 Å². The molecule has 6 heteroatoms. The Morgan fingerprint density at radius 2 is 0.754 bits per heavy atom. The Bertz CT molecular complexity index is 1140. The van der Waals surface area contributed by atoms with Gasteiger partial charge in [0.2, 0.25) is 0 Å². The standard InChI is InChI=1S/C51H84O6/c1-4-7-10-13-16-19-22-25-26-27-30-32-35-38-41-44-50(53)56-47-48(57-51(54)45-42-39-36-33-29-24-21-18-15-12-9-6-3)46-55-49(52)43-40-37-34-31-28-23-20-17-14-11-8-5-2/h7,10,16-21,25-26,30,32,38,41,48H,4-6,8-9,11-15,22-24,27-29,31,33-37,39-40,42-47H2,1-3H3/b10-7-,19-16-,20-17-,21-18-,26-25-,32-30-,41-38-. The quantitative estimate of drug-likeness (QED) is 0.0266. The molecule has 0 saturated heterocycles.